The van der Waals surface area contributed by atoms with Gasteiger partial charge >= 0.3 is 0 Å². The number of aliphatic hydroxyl groups excluding tert-OH is 1. The molecule has 1 N–H and O–H groups in total. The summed E-state index contributed by atoms with van der Waals surface area (Å²) in [6.45, 7) is 5.01. The molecule has 2 nitrogen and oxygen atoms in total. The molecule has 2 rings (SSSR count). The highest BCUT2D eigenvalue weighted by Crippen LogP contribution is 2.38. The minimum Gasteiger partial charge on any atom is -0.390 e. The number of aliphatic hydroxyl groups is 1. The van der Waals surface area contributed by atoms with Crippen molar-refractivity contribution in [2.24, 2.45) is 5.92 Å². The van der Waals surface area contributed by atoms with Gasteiger partial charge in [-0.25, -0.2) is 0 Å². The van der Waals surface area contributed by atoms with Crippen LogP contribution in [0.15, 0.2) is 16.8 Å². The highest BCUT2D eigenvalue weighted by Gasteiger charge is 2.41. The topological polar surface area (TPSA) is 29.5 Å². The van der Waals surface area contributed by atoms with Crippen LogP contribution in [0, 0.1) is 5.92 Å². The molecule has 0 amide bonds. The zero-order chi connectivity index (χ0) is 13.0. The van der Waals surface area contributed by atoms with Gasteiger partial charge in [0.1, 0.15) is 0 Å². The summed E-state index contributed by atoms with van der Waals surface area (Å²) < 4.78 is 5.98. The molecule has 1 unspecified atom stereocenters. The van der Waals surface area contributed by atoms with E-state index in [0.717, 1.165) is 25.2 Å². The largest absolute Gasteiger partial charge is 0.390 e. The quantitative estimate of drug-likeness (QED) is 0.883. The summed E-state index contributed by atoms with van der Waals surface area (Å²) in [5, 5.41) is 14.8. The molecule has 1 fully saturated rings. The van der Waals surface area contributed by atoms with Crippen molar-refractivity contribution < 1.29 is 9.84 Å². The van der Waals surface area contributed by atoms with Gasteiger partial charge in [-0.15, -0.1) is 0 Å². The van der Waals surface area contributed by atoms with Crippen molar-refractivity contribution in [1.82, 2.24) is 0 Å². The maximum absolute atomic E-state index is 10.6. The molecule has 102 valence electrons. The lowest BCUT2D eigenvalue weighted by Crippen LogP contribution is -2.48. The lowest BCUT2D eigenvalue weighted by Gasteiger charge is -2.42. The van der Waals surface area contributed by atoms with E-state index in [2.05, 4.69) is 23.8 Å². The molecule has 18 heavy (non-hydrogen) atoms. The molecule has 0 saturated heterocycles. The van der Waals surface area contributed by atoms with E-state index >= 15 is 0 Å². The fourth-order valence-corrected chi connectivity index (χ4v) is 3.61. The lowest BCUT2D eigenvalue weighted by molar-refractivity contribution is -0.143. The van der Waals surface area contributed by atoms with Crippen LogP contribution in [0.25, 0.3) is 0 Å². The van der Waals surface area contributed by atoms with E-state index in [9.17, 15) is 5.11 Å². The zero-order valence-corrected chi connectivity index (χ0v) is 12.2. The molecule has 1 aromatic heterocycles. The molecule has 0 aromatic carbocycles. The molecular formula is C15H24O2S. The molecule has 1 heterocycles. The first-order valence-corrected chi connectivity index (χ1v) is 7.93. The van der Waals surface area contributed by atoms with E-state index in [1.807, 2.05) is 6.92 Å². The molecule has 1 aromatic rings. The van der Waals surface area contributed by atoms with E-state index in [-0.39, 0.29) is 11.7 Å². The molecule has 1 aliphatic carbocycles. The van der Waals surface area contributed by atoms with Crippen LogP contribution in [0.1, 0.15) is 45.1 Å². The number of rotatable bonds is 5. The second kappa shape index (κ2) is 6.18. The fourth-order valence-electron chi connectivity index (χ4n) is 2.93. The Bertz CT molecular complexity index is 339. The fraction of sp³-hybridized carbons (Fsp3) is 0.733. The predicted octanol–water partition coefficient (Wildman–Crippen LogP) is 3.64. The van der Waals surface area contributed by atoms with Crippen LogP contribution in [-0.2, 0) is 11.2 Å². The molecule has 1 atom stereocenters. The van der Waals surface area contributed by atoms with E-state index in [1.54, 1.807) is 11.3 Å². The van der Waals surface area contributed by atoms with E-state index in [1.165, 1.54) is 18.4 Å². The number of hydrogen-bond donors (Lipinski definition) is 1. The van der Waals surface area contributed by atoms with Gasteiger partial charge in [-0.05, 0) is 60.9 Å². The van der Waals surface area contributed by atoms with Crippen molar-refractivity contribution in [3.05, 3.63) is 22.4 Å². The van der Waals surface area contributed by atoms with Crippen molar-refractivity contribution in [1.29, 1.82) is 0 Å². The standard InChI is InChI=1S/C15H24O2S/c1-3-17-15(7-4-12(2)5-8-15)14(16)10-13-6-9-18-11-13/h6,9,11-12,14,16H,3-5,7-8,10H2,1-2H3. The third kappa shape index (κ3) is 3.14. The highest BCUT2D eigenvalue weighted by molar-refractivity contribution is 7.07. The smallest absolute Gasteiger partial charge is 0.0943 e. The van der Waals surface area contributed by atoms with Gasteiger partial charge in [-0.3, -0.25) is 0 Å². The molecule has 0 spiro atoms. The predicted molar refractivity (Wildman–Crippen MR) is 76.0 cm³/mol. The Balaban J connectivity index is 2.04. The van der Waals surface area contributed by atoms with Crippen LogP contribution in [0.2, 0.25) is 0 Å². The zero-order valence-electron chi connectivity index (χ0n) is 11.4. The Morgan fingerprint density at radius 1 is 1.50 bits per heavy atom. The molecule has 0 radical (unpaired) electrons. The monoisotopic (exact) mass is 268 g/mol. The molecule has 0 bridgehead atoms. The van der Waals surface area contributed by atoms with Crippen LogP contribution in [0.4, 0.5) is 0 Å². The first kappa shape index (κ1) is 14.0. The lowest BCUT2D eigenvalue weighted by atomic mass is 9.75. The van der Waals surface area contributed by atoms with Crippen LogP contribution in [0.5, 0.6) is 0 Å². The minimum atomic E-state index is -0.375. The van der Waals surface area contributed by atoms with Gasteiger partial charge in [-0.1, -0.05) is 6.92 Å². The number of hydrogen-bond acceptors (Lipinski definition) is 3. The first-order valence-electron chi connectivity index (χ1n) is 6.99. The maximum Gasteiger partial charge on any atom is 0.0943 e. The third-order valence-corrected chi connectivity index (χ3v) is 4.90. The highest BCUT2D eigenvalue weighted by atomic mass is 32.1. The van der Waals surface area contributed by atoms with Gasteiger partial charge in [0.15, 0.2) is 0 Å². The van der Waals surface area contributed by atoms with E-state index < -0.39 is 0 Å². The number of ether oxygens (including phenoxy) is 1. The molecule has 1 aliphatic rings. The Labute approximate surface area is 114 Å². The van der Waals surface area contributed by atoms with E-state index in [4.69, 9.17) is 4.74 Å². The second-order valence-corrected chi connectivity index (χ2v) is 6.31. The molecule has 0 aliphatic heterocycles. The Morgan fingerprint density at radius 3 is 2.78 bits per heavy atom. The van der Waals surface area contributed by atoms with Crippen molar-refractivity contribution in [3.8, 4) is 0 Å². The summed E-state index contributed by atoms with van der Waals surface area (Å²) in [5.41, 5.74) is 0.925. The normalized spacial score (nSPS) is 30.3. The molecular weight excluding hydrogens is 244 g/mol. The Hall–Kier alpha value is -0.380. The third-order valence-electron chi connectivity index (χ3n) is 4.17. The van der Waals surface area contributed by atoms with Crippen molar-refractivity contribution in [2.75, 3.05) is 6.61 Å². The van der Waals surface area contributed by atoms with Gasteiger partial charge in [0.2, 0.25) is 0 Å². The minimum absolute atomic E-state index is 0.302. The summed E-state index contributed by atoms with van der Waals surface area (Å²) in [6.07, 6.45) is 4.67. The van der Waals surface area contributed by atoms with Gasteiger partial charge in [0.05, 0.1) is 11.7 Å². The Kier molecular flexibility index (Phi) is 4.82. The van der Waals surface area contributed by atoms with Gasteiger partial charge in [-0.2, -0.15) is 11.3 Å². The molecule has 3 heteroatoms. The first-order chi connectivity index (χ1) is 8.66. The van der Waals surface area contributed by atoms with Crippen molar-refractivity contribution >= 4 is 11.3 Å². The summed E-state index contributed by atoms with van der Waals surface area (Å²) >= 11 is 1.69. The summed E-state index contributed by atoms with van der Waals surface area (Å²) in [6, 6.07) is 2.10. The van der Waals surface area contributed by atoms with E-state index in [0.29, 0.717) is 6.61 Å². The SMILES string of the molecule is CCOC1(C(O)Cc2ccsc2)CCC(C)CC1. The number of thiophene rings is 1. The van der Waals surface area contributed by atoms with Gasteiger partial charge in [0, 0.05) is 13.0 Å². The summed E-state index contributed by atoms with van der Waals surface area (Å²) in [4.78, 5) is 0. The van der Waals surface area contributed by atoms with Crippen molar-refractivity contribution in [2.45, 2.75) is 57.7 Å². The molecule has 1 saturated carbocycles. The average molecular weight is 268 g/mol. The maximum atomic E-state index is 10.6. The second-order valence-electron chi connectivity index (χ2n) is 5.53. The van der Waals surface area contributed by atoms with Crippen LogP contribution >= 0.6 is 11.3 Å². The van der Waals surface area contributed by atoms with Gasteiger partial charge < -0.3 is 9.84 Å². The summed E-state index contributed by atoms with van der Waals surface area (Å²) in [5.74, 6) is 0.770. The van der Waals surface area contributed by atoms with Crippen LogP contribution in [0.3, 0.4) is 0 Å². The van der Waals surface area contributed by atoms with Gasteiger partial charge in [0.25, 0.3) is 0 Å². The summed E-state index contributed by atoms with van der Waals surface area (Å²) in [7, 11) is 0. The Morgan fingerprint density at radius 2 is 2.22 bits per heavy atom. The average Bonchev–Trinajstić information content (AvgIpc) is 2.85. The van der Waals surface area contributed by atoms with Crippen LogP contribution < -0.4 is 0 Å². The van der Waals surface area contributed by atoms with Crippen LogP contribution in [-0.4, -0.2) is 23.4 Å². The van der Waals surface area contributed by atoms with Crippen molar-refractivity contribution in [3.63, 3.8) is 0 Å².